The molecule has 0 aliphatic rings. The van der Waals surface area contributed by atoms with E-state index in [1.807, 2.05) is 0 Å². The van der Waals surface area contributed by atoms with Crippen molar-refractivity contribution in [3.05, 3.63) is 29.8 Å². The molecule has 0 aliphatic carbocycles. The Bertz CT molecular complexity index is 265. The summed E-state index contributed by atoms with van der Waals surface area (Å²) in [6.45, 7) is 1.54. The molecule has 1 aromatic heterocycles. The van der Waals surface area contributed by atoms with Crippen LogP contribution >= 0.6 is 0 Å². The Morgan fingerprint density at radius 1 is 1.58 bits per heavy atom. The van der Waals surface area contributed by atoms with Gasteiger partial charge in [0.2, 0.25) is 5.95 Å². The first-order valence-corrected chi connectivity index (χ1v) is 3.67. The summed E-state index contributed by atoms with van der Waals surface area (Å²) >= 11 is 0. The molecule has 1 aromatic rings. The van der Waals surface area contributed by atoms with E-state index in [9.17, 15) is 4.39 Å². The second kappa shape index (κ2) is 3.60. The van der Waals surface area contributed by atoms with E-state index in [2.05, 4.69) is 4.98 Å². The summed E-state index contributed by atoms with van der Waals surface area (Å²) in [5.74, 6) is -0.580. The average Bonchev–Trinajstić information content (AvgIpc) is 2.03. The highest BCUT2D eigenvalue weighted by Crippen LogP contribution is 2.10. The molecule has 0 saturated carbocycles. The molecule has 3 nitrogen and oxygen atoms in total. The van der Waals surface area contributed by atoms with Gasteiger partial charge in [-0.05, 0) is 19.1 Å². The number of aliphatic hydroxyl groups excluding tert-OH is 1. The quantitative estimate of drug-likeness (QED) is 0.639. The van der Waals surface area contributed by atoms with Gasteiger partial charge < -0.3 is 10.8 Å². The molecule has 3 N–H and O–H groups in total. The third-order valence-corrected chi connectivity index (χ3v) is 1.60. The summed E-state index contributed by atoms with van der Waals surface area (Å²) in [6, 6.07) is 3.71. The number of aliphatic hydroxyl groups is 1. The molecular weight excluding hydrogens is 159 g/mol. The van der Waals surface area contributed by atoms with E-state index >= 15 is 0 Å². The number of pyridine rings is 1. The summed E-state index contributed by atoms with van der Waals surface area (Å²) in [7, 11) is 0. The summed E-state index contributed by atoms with van der Waals surface area (Å²) in [4.78, 5) is 3.54. The molecule has 0 amide bonds. The molecule has 0 spiro atoms. The minimum Gasteiger partial charge on any atom is -0.391 e. The highest BCUT2D eigenvalue weighted by atomic mass is 19.1. The highest BCUT2D eigenvalue weighted by molar-refractivity contribution is 5.09. The first-order valence-electron chi connectivity index (χ1n) is 3.67. The van der Waals surface area contributed by atoms with Crippen LogP contribution in [-0.4, -0.2) is 16.2 Å². The van der Waals surface area contributed by atoms with E-state index in [-0.39, 0.29) is 0 Å². The van der Waals surface area contributed by atoms with Gasteiger partial charge in [-0.3, -0.25) is 0 Å². The van der Waals surface area contributed by atoms with Crippen LogP contribution in [0.3, 0.4) is 0 Å². The van der Waals surface area contributed by atoms with Crippen molar-refractivity contribution in [2.45, 2.75) is 19.1 Å². The number of hydrogen-bond donors (Lipinski definition) is 2. The van der Waals surface area contributed by atoms with E-state index in [1.165, 1.54) is 19.1 Å². The van der Waals surface area contributed by atoms with Gasteiger partial charge >= 0.3 is 0 Å². The molecule has 0 saturated heterocycles. The Hall–Kier alpha value is -1.00. The van der Waals surface area contributed by atoms with Crippen LogP contribution in [0.4, 0.5) is 4.39 Å². The van der Waals surface area contributed by atoms with Crippen LogP contribution in [0.5, 0.6) is 0 Å². The van der Waals surface area contributed by atoms with Gasteiger partial charge in [-0.25, -0.2) is 4.98 Å². The zero-order chi connectivity index (χ0) is 9.14. The Morgan fingerprint density at radius 2 is 2.25 bits per heavy atom. The second-order valence-electron chi connectivity index (χ2n) is 2.65. The lowest BCUT2D eigenvalue weighted by atomic mass is 10.1. The van der Waals surface area contributed by atoms with Crippen molar-refractivity contribution in [3.63, 3.8) is 0 Å². The molecule has 4 heteroatoms. The van der Waals surface area contributed by atoms with E-state index in [1.54, 1.807) is 6.07 Å². The van der Waals surface area contributed by atoms with Crippen molar-refractivity contribution < 1.29 is 9.50 Å². The smallest absolute Gasteiger partial charge is 0.213 e. The zero-order valence-corrected chi connectivity index (χ0v) is 6.74. The molecular formula is C8H11FN2O. The number of hydrogen-bond acceptors (Lipinski definition) is 3. The van der Waals surface area contributed by atoms with Crippen molar-refractivity contribution in [1.82, 2.24) is 4.98 Å². The SMILES string of the molecule is CC(O)C(N)c1cccc(F)n1. The predicted molar refractivity (Wildman–Crippen MR) is 42.8 cm³/mol. The van der Waals surface area contributed by atoms with Crippen LogP contribution in [0.1, 0.15) is 18.7 Å². The lowest BCUT2D eigenvalue weighted by molar-refractivity contribution is 0.162. The average molecular weight is 170 g/mol. The maximum absolute atomic E-state index is 12.5. The van der Waals surface area contributed by atoms with Crippen molar-refractivity contribution in [3.8, 4) is 0 Å². The van der Waals surface area contributed by atoms with Gasteiger partial charge in [0.25, 0.3) is 0 Å². The molecule has 0 aromatic carbocycles. The standard InChI is InChI=1S/C8H11FN2O/c1-5(12)8(10)6-3-2-4-7(9)11-6/h2-5,8,12H,10H2,1H3. The van der Waals surface area contributed by atoms with Crippen LogP contribution in [0, 0.1) is 5.95 Å². The molecule has 66 valence electrons. The van der Waals surface area contributed by atoms with E-state index in [4.69, 9.17) is 10.8 Å². The van der Waals surface area contributed by atoms with Gasteiger partial charge in [-0.1, -0.05) is 6.07 Å². The third-order valence-electron chi connectivity index (χ3n) is 1.60. The normalized spacial score (nSPS) is 15.7. The summed E-state index contributed by atoms with van der Waals surface area (Å²) < 4.78 is 12.5. The van der Waals surface area contributed by atoms with Crippen LogP contribution in [-0.2, 0) is 0 Å². The van der Waals surface area contributed by atoms with Crippen molar-refractivity contribution in [2.75, 3.05) is 0 Å². The maximum Gasteiger partial charge on any atom is 0.213 e. The minimum absolute atomic E-state index is 0.366. The van der Waals surface area contributed by atoms with Crippen LogP contribution in [0.15, 0.2) is 18.2 Å². The second-order valence-corrected chi connectivity index (χ2v) is 2.65. The molecule has 12 heavy (non-hydrogen) atoms. The molecule has 0 bridgehead atoms. The fraction of sp³-hybridized carbons (Fsp3) is 0.375. The number of nitrogens with two attached hydrogens (primary N) is 1. The first kappa shape index (κ1) is 9.09. The van der Waals surface area contributed by atoms with Gasteiger partial charge in [0.1, 0.15) is 0 Å². The lowest BCUT2D eigenvalue weighted by Crippen LogP contribution is -2.24. The third kappa shape index (κ3) is 1.99. The monoisotopic (exact) mass is 170 g/mol. The lowest BCUT2D eigenvalue weighted by Gasteiger charge is -2.13. The fourth-order valence-corrected chi connectivity index (χ4v) is 0.857. The highest BCUT2D eigenvalue weighted by Gasteiger charge is 2.13. The van der Waals surface area contributed by atoms with Crippen molar-refractivity contribution in [2.24, 2.45) is 5.73 Å². The summed E-state index contributed by atoms with van der Waals surface area (Å²) in [5.41, 5.74) is 5.89. The van der Waals surface area contributed by atoms with E-state index in [0.29, 0.717) is 5.69 Å². The van der Waals surface area contributed by atoms with Gasteiger partial charge in [-0.2, -0.15) is 4.39 Å². The summed E-state index contributed by atoms with van der Waals surface area (Å²) in [5, 5.41) is 9.08. The number of halogens is 1. The van der Waals surface area contributed by atoms with Gasteiger partial charge in [0.15, 0.2) is 0 Å². The Balaban J connectivity index is 2.88. The fourth-order valence-electron chi connectivity index (χ4n) is 0.857. The molecule has 1 heterocycles. The Morgan fingerprint density at radius 3 is 2.75 bits per heavy atom. The molecule has 0 aliphatic heterocycles. The first-order chi connectivity index (χ1) is 5.61. The van der Waals surface area contributed by atoms with Gasteiger partial charge in [0, 0.05) is 0 Å². The van der Waals surface area contributed by atoms with Crippen LogP contribution in [0.25, 0.3) is 0 Å². The maximum atomic E-state index is 12.5. The van der Waals surface area contributed by atoms with Crippen LogP contribution in [0.2, 0.25) is 0 Å². The van der Waals surface area contributed by atoms with Crippen molar-refractivity contribution >= 4 is 0 Å². The van der Waals surface area contributed by atoms with Gasteiger partial charge in [0.05, 0.1) is 17.8 Å². The van der Waals surface area contributed by atoms with E-state index < -0.39 is 18.1 Å². The molecule has 0 fully saturated rings. The zero-order valence-electron chi connectivity index (χ0n) is 6.74. The topological polar surface area (TPSA) is 59.1 Å². The molecule has 1 rings (SSSR count). The minimum atomic E-state index is -0.723. The molecule has 2 atom stereocenters. The number of rotatable bonds is 2. The Labute approximate surface area is 70.0 Å². The number of aromatic nitrogens is 1. The largest absolute Gasteiger partial charge is 0.391 e. The summed E-state index contributed by atoms with van der Waals surface area (Å²) in [6.07, 6.45) is -0.723. The number of nitrogens with zero attached hydrogens (tertiary/aromatic N) is 1. The van der Waals surface area contributed by atoms with Gasteiger partial charge in [-0.15, -0.1) is 0 Å². The Kier molecular flexibility index (Phi) is 2.73. The predicted octanol–water partition coefficient (Wildman–Crippen LogP) is 0.601. The van der Waals surface area contributed by atoms with E-state index in [0.717, 1.165) is 0 Å². The van der Waals surface area contributed by atoms with Crippen molar-refractivity contribution in [1.29, 1.82) is 0 Å². The van der Waals surface area contributed by atoms with Crippen LogP contribution < -0.4 is 5.73 Å². The molecule has 2 unspecified atom stereocenters. The molecule has 0 radical (unpaired) electrons.